The third-order valence-corrected chi connectivity index (χ3v) is 4.08. The van der Waals surface area contributed by atoms with Crippen LogP contribution in [-0.4, -0.2) is 31.6 Å². The van der Waals surface area contributed by atoms with Gasteiger partial charge in [-0.1, -0.05) is 13.3 Å². The fourth-order valence-electron chi connectivity index (χ4n) is 2.53. The van der Waals surface area contributed by atoms with Crippen molar-refractivity contribution in [1.82, 2.24) is 5.32 Å². The molecular formula is C22H28N2O4. The molecule has 6 nitrogen and oxygen atoms in total. The third-order valence-electron chi connectivity index (χ3n) is 4.08. The van der Waals surface area contributed by atoms with Crippen molar-refractivity contribution in [3.8, 4) is 11.5 Å². The Morgan fingerprint density at radius 2 is 1.68 bits per heavy atom. The van der Waals surface area contributed by atoms with Crippen LogP contribution >= 0.6 is 0 Å². The van der Waals surface area contributed by atoms with Gasteiger partial charge in [-0.25, -0.2) is 0 Å². The molecule has 2 aromatic rings. The van der Waals surface area contributed by atoms with Gasteiger partial charge in [-0.05, 0) is 68.3 Å². The molecule has 2 amide bonds. The summed E-state index contributed by atoms with van der Waals surface area (Å²) in [5.41, 5.74) is 2.07. The smallest absolute Gasteiger partial charge is 0.251 e. The average molecular weight is 384 g/mol. The van der Waals surface area contributed by atoms with E-state index in [1.807, 2.05) is 32.0 Å². The van der Waals surface area contributed by atoms with Crippen LogP contribution in [0.15, 0.2) is 42.5 Å². The summed E-state index contributed by atoms with van der Waals surface area (Å²) in [5, 5.41) is 5.43. The maximum atomic E-state index is 12.2. The van der Waals surface area contributed by atoms with Crippen molar-refractivity contribution < 1.29 is 19.1 Å². The van der Waals surface area contributed by atoms with Crippen LogP contribution in [0, 0.1) is 6.92 Å². The Morgan fingerprint density at radius 3 is 2.32 bits per heavy atom. The lowest BCUT2D eigenvalue weighted by Crippen LogP contribution is -2.32. The second-order valence-electron chi connectivity index (χ2n) is 6.37. The van der Waals surface area contributed by atoms with Crippen molar-refractivity contribution in [2.45, 2.75) is 33.6 Å². The zero-order chi connectivity index (χ0) is 20.4. The number of benzene rings is 2. The van der Waals surface area contributed by atoms with Crippen LogP contribution in [0.25, 0.3) is 0 Å². The van der Waals surface area contributed by atoms with Gasteiger partial charge in [0.2, 0.25) is 5.91 Å². The van der Waals surface area contributed by atoms with Crippen LogP contribution in [0.5, 0.6) is 11.5 Å². The fourth-order valence-corrected chi connectivity index (χ4v) is 2.53. The molecule has 0 aliphatic carbocycles. The summed E-state index contributed by atoms with van der Waals surface area (Å²) in [4.78, 5) is 24.3. The number of amides is 2. The quantitative estimate of drug-likeness (QED) is 0.608. The van der Waals surface area contributed by atoms with E-state index in [-0.39, 0.29) is 18.4 Å². The molecule has 0 heterocycles. The number of unbranched alkanes of at least 4 members (excludes halogenated alkanes) is 1. The van der Waals surface area contributed by atoms with Crippen LogP contribution in [0.1, 0.15) is 42.6 Å². The molecule has 2 aromatic carbocycles. The molecule has 2 rings (SSSR count). The first-order valence-electron chi connectivity index (χ1n) is 9.57. The number of hydrogen-bond donors (Lipinski definition) is 2. The highest BCUT2D eigenvalue weighted by molar-refractivity contribution is 5.99. The Balaban J connectivity index is 1.83. The Labute approximate surface area is 166 Å². The van der Waals surface area contributed by atoms with Gasteiger partial charge in [0.15, 0.2) is 0 Å². The highest BCUT2D eigenvalue weighted by atomic mass is 16.5. The number of carbonyl (C=O) groups excluding carboxylic acids is 2. The van der Waals surface area contributed by atoms with Gasteiger partial charge in [0, 0.05) is 11.3 Å². The van der Waals surface area contributed by atoms with Crippen molar-refractivity contribution in [3.05, 3.63) is 53.6 Å². The predicted octanol–water partition coefficient (Wildman–Crippen LogP) is 3.94. The van der Waals surface area contributed by atoms with Gasteiger partial charge in [0.25, 0.3) is 5.91 Å². The lowest BCUT2D eigenvalue weighted by atomic mass is 10.2. The van der Waals surface area contributed by atoms with Crippen LogP contribution in [0.2, 0.25) is 0 Å². The molecule has 0 aliphatic rings. The lowest BCUT2D eigenvalue weighted by molar-refractivity contribution is -0.115. The molecular weight excluding hydrogens is 356 g/mol. The summed E-state index contributed by atoms with van der Waals surface area (Å²) in [5.74, 6) is 0.888. The highest BCUT2D eigenvalue weighted by Crippen LogP contribution is 2.21. The van der Waals surface area contributed by atoms with Crippen molar-refractivity contribution in [2.24, 2.45) is 0 Å². The van der Waals surface area contributed by atoms with Crippen molar-refractivity contribution in [1.29, 1.82) is 0 Å². The summed E-state index contributed by atoms with van der Waals surface area (Å²) in [6, 6.07) is 12.3. The molecule has 0 aliphatic heterocycles. The monoisotopic (exact) mass is 384 g/mol. The molecule has 0 saturated heterocycles. The molecule has 0 unspecified atom stereocenters. The second-order valence-corrected chi connectivity index (χ2v) is 6.37. The van der Waals surface area contributed by atoms with Gasteiger partial charge in [-0.3, -0.25) is 9.59 Å². The number of ether oxygens (including phenoxy) is 2. The number of nitrogens with one attached hydrogen (secondary N) is 2. The zero-order valence-electron chi connectivity index (χ0n) is 16.7. The SMILES string of the molecule is CCCCOc1ccc(NC(=O)CNC(=O)c2ccc(OCC)cc2)c(C)c1. The van der Waals surface area contributed by atoms with Crippen LogP contribution < -0.4 is 20.1 Å². The molecule has 0 aromatic heterocycles. The minimum atomic E-state index is -0.311. The van der Waals surface area contributed by atoms with Crippen LogP contribution in [0.3, 0.4) is 0 Å². The van der Waals surface area contributed by atoms with E-state index in [0.717, 1.165) is 24.2 Å². The van der Waals surface area contributed by atoms with E-state index < -0.39 is 0 Å². The first-order chi connectivity index (χ1) is 13.5. The summed E-state index contributed by atoms with van der Waals surface area (Å²) in [6.45, 7) is 7.05. The highest BCUT2D eigenvalue weighted by Gasteiger charge is 2.10. The first-order valence-corrected chi connectivity index (χ1v) is 9.57. The van der Waals surface area contributed by atoms with Crippen LogP contribution in [0.4, 0.5) is 5.69 Å². The van der Waals surface area contributed by atoms with E-state index in [1.165, 1.54) is 0 Å². The zero-order valence-corrected chi connectivity index (χ0v) is 16.7. The van der Waals surface area contributed by atoms with E-state index in [4.69, 9.17) is 9.47 Å². The maximum Gasteiger partial charge on any atom is 0.251 e. The number of rotatable bonds is 10. The number of anilines is 1. The van der Waals surface area contributed by atoms with Crippen molar-refractivity contribution >= 4 is 17.5 Å². The van der Waals surface area contributed by atoms with Crippen molar-refractivity contribution in [2.75, 3.05) is 25.1 Å². The maximum absolute atomic E-state index is 12.2. The third kappa shape index (κ3) is 6.61. The fraction of sp³-hybridized carbons (Fsp3) is 0.364. The summed E-state index contributed by atoms with van der Waals surface area (Å²) < 4.78 is 11.0. The van der Waals surface area contributed by atoms with Gasteiger partial charge in [-0.15, -0.1) is 0 Å². The molecule has 6 heteroatoms. The van der Waals surface area contributed by atoms with E-state index >= 15 is 0 Å². The molecule has 0 bridgehead atoms. The summed E-state index contributed by atoms with van der Waals surface area (Å²) in [6.07, 6.45) is 2.08. The number of carbonyl (C=O) groups is 2. The number of aryl methyl sites for hydroxylation is 1. The molecule has 2 N–H and O–H groups in total. The number of hydrogen-bond acceptors (Lipinski definition) is 4. The molecule has 150 valence electrons. The van der Waals surface area contributed by atoms with E-state index in [1.54, 1.807) is 24.3 Å². The van der Waals surface area contributed by atoms with Crippen LogP contribution in [-0.2, 0) is 4.79 Å². The molecule has 0 spiro atoms. The summed E-state index contributed by atoms with van der Waals surface area (Å²) >= 11 is 0. The minimum Gasteiger partial charge on any atom is -0.494 e. The van der Waals surface area contributed by atoms with Gasteiger partial charge < -0.3 is 20.1 Å². The Morgan fingerprint density at radius 1 is 0.964 bits per heavy atom. The predicted molar refractivity (Wildman–Crippen MR) is 110 cm³/mol. The molecule has 28 heavy (non-hydrogen) atoms. The van der Waals surface area contributed by atoms with E-state index in [0.29, 0.717) is 30.2 Å². The van der Waals surface area contributed by atoms with Gasteiger partial charge in [0.1, 0.15) is 11.5 Å². The Hall–Kier alpha value is -3.02. The van der Waals surface area contributed by atoms with Crippen molar-refractivity contribution in [3.63, 3.8) is 0 Å². The van der Waals surface area contributed by atoms with Gasteiger partial charge >= 0.3 is 0 Å². The topological polar surface area (TPSA) is 76.7 Å². The second kappa shape index (κ2) is 11.0. The molecule has 0 atom stereocenters. The molecule has 0 saturated carbocycles. The Kier molecular flexibility index (Phi) is 8.34. The van der Waals surface area contributed by atoms with E-state index in [9.17, 15) is 9.59 Å². The molecule has 0 fully saturated rings. The average Bonchev–Trinajstić information content (AvgIpc) is 2.69. The summed E-state index contributed by atoms with van der Waals surface area (Å²) in [7, 11) is 0. The lowest BCUT2D eigenvalue weighted by Gasteiger charge is -2.12. The first kappa shape index (κ1) is 21.3. The largest absolute Gasteiger partial charge is 0.494 e. The normalized spacial score (nSPS) is 10.2. The standard InChI is InChI=1S/C22H28N2O4/c1-4-6-13-28-19-11-12-20(16(3)14-19)24-21(25)15-23-22(26)17-7-9-18(10-8-17)27-5-2/h7-12,14H,4-6,13,15H2,1-3H3,(H,23,26)(H,24,25). The van der Waals surface area contributed by atoms with E-state index in [2.05, 4.69) is 17.6 Å². The minimum absolute atomic E-state index is 0.111. The molecule has 0 radical (unpaired) electrons. The van der Waals surface area contributed by atoms with Gasteiger partial charge in [0.05, 0.1) is 19.8 Å². The van der Waals surface area contributed by atoms with Gasteiger partial charge in [-0.2, -0.15) is 0 Å². The Bertz CT molecular complexity index is 788.